The van der Waals surface area contributed by atoms with Gasteiger partial charge in [-0.3, -0.25) is 0 Å². The highest BCUT2D eigenvalue weighted by Crippen LogP contribution is 2.22. The number of aromatic nitrogens is 1. The molecular weight excluding hydrogens is 338 g/mol. The number of thiocarbonyl (C=S) groups is 1. The Morgan fingerprint density at radius 2 is 2.00 bits per heavy atom. The summed E-state index contributed by atoms with van der Waals surface area (Å²) in [5.74, 6) is 0. The smallest absolute Gasteiger partial charge is 0.170 e. The van der Waals surface area contributed by atoms with Crippen LogP contribution in [0.4, 0.5) is 5.69 Å². The van der Waals surface area contributed by atoms with Crippen LogP contribution in [0.2, 0.25) is 5.02 Å². The van der Waals surface area contributed by atoms with Gasteiger partial charge < -0.3 is 15.6 Å². The van der Waals surface area contributed by atoms with Crippen molar-refractivity contribution in [2.45, 2.75) is 20.3 Å². The number of nitrogens with one attached hydrogen (secondary N) is 3. The Morgan fingerprint density at radius 1 is 1.17 bits per heavy atom. The number of rotatable bonds is 4. The monoisotopic (exact) mass is 357 g/mol. The molecule has 0 aliphatic heterocycles. The zero-order valence-electron chi connectivity index (χ0n) is 13.7. The predicted molar refractivity (Wildman–Crippen MR) is 107 cm³/mol. The van der Waals surface area contributed by atoms with Crippen LogP contribution in [-0.2, 0) is 6.42 Å². The summed E-state index contributed by atoms with van der Waals surface area (Å²) in [6.45, 7) is 4.92. The highest BCUT2D eigenvalue weighted by molar-refractivity contribution is 7.80. The summed E-state index contributed by atoms with van der Waals surface area (Å²) < 4.78 is 0. The molecule has 1 aromatic heterocycles. The van der Waals surface area contributed by atoms with Gasteiger partial charge in [-0.25, -0.2) is 0 Å². The van der Waals surface area contributed by atoms with Crippen molar-refractivity contribution >= 4 is 45.5 Å². The Labute approximate surface area is 152 Å². The van der Waals surface area contributed by atoms with E-state index in [4.69, 9.17) is 23.8 Å². The Balaban J connectivity index is 1.57. The Hall–Kier alpha value is -2.04. The predicted octanol–water partition coefficient (Wildman–Crippen LogP) is 4.97. The van der Waals surface area contributed by atoms with E-state index in [1.165, 1.54) is 16.7 Å². The average molecular weight is 358 g/mol. The third-order valence-corrected chi connectivity index (χ3v) is 4.52. The number of benzene rings is 2. The zero-order chi connectivity index (χ0) is 17.1. The summed E-state index contributed by atoms with van der Waals surface area (Å²) in [4.78, 5) is 3.27. The molecule has 0 fully saturated rings. The van der Waals surface area contributed by atoms with E-state index in [0.29, 0.717) is 5.11 Å². The molecule has 0 atom stereocenters. The van der Waals surface area contributed by atoms with Crippen molar-refractivity contribution in [1.29, 1.82) is 0 Å². The highest BCUT2D eigenvalue weighted by atomic mass is 35.5. The quantitative estimate of drug-likeness (QED) is 0.577. The lowest BCUT2D eigenvalue weighted by molar-refractivity contribution is 0.878. The van der Waals surface area contributed by atoms with Crippen molar-refractivity contribution in [2.24, 2.45) is 0 Å². The van der Waals surface area contributed by atoms with Crippen LogP contribution < -0.4 is 10.6 Å². The van der Waals surface area contributed by atoms with Crippen LogP contribution in [-0.4, -0.2) is 16.6 Å². The van der Waals surface area contributed by atoms with Gasteiger partial charge in [-0.1, -0.05) is 29.3 Å². The molecule has 2 aromatic carbocycles. The number of H-pyrrole nitrogens is 1. The fraction of sp³-hybridized carbons (Fsp3) is 0.211. The van der Waals surface area contributed by atoms with Crippen molar-refractivity contribution in [2.75, 3.05) is 11.9 Å². The molecule has 0 spiro atoms. The van der Waals surface area contributed by atoms with E-state index in [2.05, 4.69) is 47.7 Å². The van der Waals surface area contributed by atoms with Crippen molar-refractivity contribution in [3.05, 3.63) is 64.3 Å². The fourth-order valence-electron chi connectivity index (χ4n) is 2.79. The van der Waals surface area contributed by atoms with E-state index in [1.807, 2.05) is 24.4 Å². The molecule has 0 radical (unpaired) electrons. The van der Waals surface area contributed by atoms with Crippen LogP contribution in [0.5, 0.6) is 0 Å². The summed E-state index contributed by atoms with van der Waals surface area (Å²) in [5.41, 5.74) is 5.80. The third kappa shape index (κ3) is 3.89. The van der Waals surface area contributed by atoms with Crippen molar-refractivity contribution in [1.82, 2.24) is 10.3 Å². The molecule has 0 bridgehead atoms. The topological polar surface area (TPSA) is 39.8 Å². The Kier molecular flexibility index (Phi) is 5.07. The van der Waals surface area contributed by atoms with Gasteiger partial charge in [-0.2, -0.15) is 0 Å². The maximum absolute atomic E-state index is 6.09. The van der Waals surface area contributed by atoms with Gasteiger partial charge in [0.25, 0.3) is 0 Å². The van der Waals surface area contributed by atoms with Crippen LogP contribution in [0.25, 0.3) is 10.9 Å². The van der Waals surface area contributed by atoms with Crippen LogP contribution in [0, 0.1) is 13.8 Å². The average Bonchev–Trinajstić information content (AvgIpc) is 2.92. The molecule has 124 valence electrons. The summed E-state index contributed by atoms with van der Waals surface area (Å²) in [6.07, 6.45) is 2.90. The van der Waals surface area contributed by atoms with Crippen molar-refractivity contribution in [3.8, 4) is 0 Å². The van der Waals surface area contributed by atoms with Gasteiger partial charge in [-0.15, -0.1) is 0 Å². The van der Waals surface area contributed by atoms with Crippen LogP contribution >= 0.6 is 23.8 Å². The molecule has 3 aromatic rings. The van der Waals surface area contributed by atoms with Crippen molar-refractivity contribution < 1.29 is 0 Å². The normalized spacial score (nSPS) is 10.8. The number of hydrogen-bond donors (Lipinski definition) is 3. The molecule has 24 heavy (non-hydrogen) atoms. The molecule has 0 saturated heterocycles. The van der Waals surface area contributed by atoms with Gasteiger partial charge in [0.15, 0.2) is 5.11 Å². The number of aromatic amines is 1. The Bertz CT molecular complexity index is 885. The lowest BCUT2D eigenvalue weighted by Crippen LogP contribution is -2.30. The van der Waals surface area contributed by atoms with Crippen LogP contribution in [0.1, 0.15) is 16.7 Å². The van der Waals surface area contributed by atoms with Crippen LogP contribution in [0.15, 0.2) is 42.6 Å². The molecule has 3 rings (SSSR count). The second-order valence-electron chi connectivity index (χ2n) is 5.95. The molecule has 0 aliphatic rings. The van der Waals surface area contributed by atoms with Gasteiger partial charge >= 0.3 is 0 Å². The van der Waals surface area contributed by atoms with E-state index in [9.17, 15) is 0 Å². The van der Waals surface area contributed by atoms with Gasteiger partial charge in [0, 0.05) is 34.4 Å². The standard InChI is InChI=1S/C19H20ClN3S/c1-12-3-5-17(13(2)9-12)23-19(24)21-8-7-14-11-22-18-6-4-15(20)10-16(14)18/h3-6,9-11,22H,7-8H2,1-2H3,(H2,21,23,24). The molecule has 0 saturated carbocycles. The number of hydrogen-bond acceptors (Lipinski definition) is 1. The SMILES string of the molecule is Cc1ccc(NC(=S)NCCc2c[nH]c3ccc(Cl)cc23)c(C)c1. The first-order valence-electron chi connectivity index (χ1n) is 7.90. The molecule has 1 heterocycles. The second-order valence-corrected chi connectivity index (χ2v) is 6.80. The van der Waals surface area contributed by atoms with Crippen LogP contribution in [0.3, 0.4) is 0 Å². The minimum Gasteiger partial charge on any atom is -0.362 e. The molecule has 0 amide bonds. The van der Waals surface area contributed by atoms with E-state index in [-0.39, 0.29) is 0 Å². The van der Waals surface area contributed by atoms with Gasteiger partial charge in [-0.05, 0) is 67.9 Å². The first-order valence-corrected chi connectivity index (χ1v) is 8.69. The maximum Gasteiger partial charge on any atom is 0.170 e. The third-order valence-electron chi connectivity index (χ3n) is 4.04. The van der Waals surface area contributed by atoms with Gasteiger partial charge in [0.2, 0.25) is 0 Å². The van der Waals surface area contributed by atoms with Gasteiger partial charge in [0.05, 0.1) is 0 Å². The number of anilines is 1. The number of halogens is 1. The molecule has 5 heteroatoms. The van der Waals surface area contributed by atoms with E-state index in [0.717, 1.165) is 34.6 Å². The van der Waals surface area contributed by atoms with E-state index < -0.39 is 0 Å². The summed E-state index contributed by atoms with van der Waals surface area (Å²) >= 11 is 11.5. The maximum atomic E-state index is 6.09. The zero-order valence-corrected chi connectivity index (χ0v) is 15.3. The summed E-state index contributed by atoms with van der Waals surface area (Å²) in [7, 11) is 0. The first-order chi connectivity index (χ1) is 11.5. The molecule has 0 aliphatic carbocycles. The first kappa shape index (κ1) is 16.8. The molecule has 3 nitrogen and oxygen atoms in total. The highest BCUT2D eigenvalue weighted by Gasteiger charge is 2.05. The molecular formula is C19H20ClN3S. The number of fused-ring (bicyclic) bond motifs is 1. The fourth-order valence-corrected chi connectivity index (χ4v) is 3.17. The Morgan fingerprint density at radius 3 is 2.79 bits per heavy atom. The lowest BCUT2D eigenvalue weighted by atomic mass is 10.1. The second kappa shape index (κ2) is 7.24. The number of aryl methyl sites for hydroxylation is 2. The minimum absolute atomic E-state index is 0.639. The minimum atomic E-state index is 0.639. The largest absolute Gasteiger partial charge is 0.362 e. The van der Waals surface area contributed by atoms with E-state index in [1.54, 1.807) is 0 Å². The molecule has 3 N–H and O–H groups in total. The van der Waals surface area contributed by atoms with Crippen molar-refractivity contribution in [3.63, 3.8) is 0 Å². The van der Waals surface area contributed by atoms with E-state index >= 15 is 0 Å². The molecule has 0 unspecified atom stereocenters. The summed E-state index contributed by atoms with van der Waals surface area (Å²) in [5, 5.41) is 9.08. The van der Waals surface area contributed by atoms with Gasteiger partial charge in [0.1, 0.15) is 0 Å². The summed E-state index contributed by atoms with van der Waals surface area (Å²) in [6, 6.07) is 12.2. The lowest BCUT2D eigenvalue weighted by Gasteiger charge is -2.13.